The van der Waals surface area contributed by atoms with Gasteiger partial charge in [-0.3, -0.25) is 14.5 Å². The lowest BCUT2D eigenvalue weighted by Crippen LogP contribution is -2.32. The Labute approximate surface area is 72.4 Å². The van der Waals surface area contributed by atoms with Crippen LogP contribution in [0.15, 0.2) is 25.3 Å². The highest BCUT2D eigenvalue weighted by molar-refractivity contribution is 5.95. The fourth-order valence-corrected chi connectivity index (χ4v) is 0.660. The fourth-order valence-electron chi connectivity index (χ4n) is 0.660. The van der Waals surface area contributed by atoms with Crippen LogP contribution in [-0.2, 0) is 9.59 Å². The summed E-state index contributed by atoms with van der Waals surface area (Å²) in [5.41, 5.74) is 0. The van der Waals surface area contributed by atoms with Gasteiger partial charge >= 0.3 is 0 Å². The van der Waals surface area contributed by atoms with Crippen molar-refractivity contribution in [3.05, 3.63) is 25.3 Å². The van der Waals surface area contributed by atoms with Crippen molar-refractivity contribution in [2.24, 2.45) is 0 Å². The maximum Gasteiger partial charge on any atom is 0.232 e. The van der Waals surface area contributed by atoms with Gasteiger partial charge in [-0.1, -0.05) is 12.2 Å². The Bertz CT molecular complexity index is 187. The smallest absolute Gasteiger partial charge is 0.232 e. The molecule has 0 saturated heterocycles. The molecule has 66 valence electrons. The van der Waals surface area contributed by atoms with Crippen LogP contribution in [0.25, 0.3) is 0 Å². The first-order chi connectivity index (χ1) is 5.63. The first-order valence-electron chi connectivity index (χ1n) is 3.64. The first kappa shape index (κ1) is 10.6. The Kier molecular flexibility index (Phi) is 4.69. The van der Waals surface area contributed by atoms with Crippen molar-refractivity contribution in [2.45, 2.75) is 12.8 Å². The summed E-state index contributed by atoms with van der Waals surface area (Å²) in [6.45, 7) is 6.82. The monoisotopic (exact) mass is 167 g/mol. The lowest BCUT2D eigenvalue weighted by molar-refractivity contribution is -0.142. The summed E-state index contributed by atoms with van der Waals surface area (Å²) >= 11 is 0. The number of rotatable bonds is 4. The minimum atomic E-state index is -0.239. The molecule has 0 spiro atoms. The molecule has 0 unspecified atom stereocenters. The third-order valence-corrected chi connectivity index (χ3v) is 1.39. The molecule has 0 aliphatic carbocycles. The van der Waals surface area contributed by atoms with Gasteiger partial charge in [-0.2, -0.15) is 0 Å². The molecule has 0 radical (unpaired) electrons. The second-order valence-electron chi connectivity index (χ2n) is 2.33. The second kappa shape index (κ2) is 5.29. The van der Waals surface area contributed by atoms with Crippen molar-refractivity contribution in [3.63, 3.8) is 0 Å². The maximum atomic E-state index is 11.1. The molecule has 0 atom stereocenters. The fraction of sp³-hybridized carbons (Fsp3) is 0.333. The summed E-state index contributed by atoms with van der Waals surface area (Å²) in [6.07, 6.45) is 3.33. The summed E-state index contributed by atoms with van der Waals surface area (Å²) in [7, 11) is 1.46. The molecule has 0 saturated carbocycles. The van der Waals surface area contributed by atoms with Crippen LogP contribution < -0.4 is 0 Å². The van der Waals surface area contributed by atoms with Gasteiger partial charge in [0.2, 0.25) is 11.8 Å². The van der Waals surface area contributed by atoms with Gasteiger partial charge in [-0.15, -0.1) is 13.2 Å². The van der Waals surface area contributed by atoms with Crippen molar-refractivity contribution in [1.82, 2.24) is 4.90 Å². The number of nitrogens with zero attached hydrogens (tertiary/aromatic N) is 1. The van der Waals surface area contributed by atoms with Gasteiger partial charge < -0.3 is 0 Å². The van der Waals surface area contributed by atoms with Crippen LogP contribution in [0.5, 0.6) is 0 Å². The molecule has 0 aromatic heterocycles. The van der Waals surface area contributed by atoms with E-state index in [1.165, 1.54) is 19.2 Å². The van der Waals surface area contributed by atoms with Gasteiger partial charge in [-0.25, -0.2) is 0 Å². The van der Waals surface area contributed by atoms with Gasteiger partial charge in [0, 0.05) is 19.9 Å². The molecule has 0 N–H and O–H groups in total. The van der Waals surface area contributed by atoms with Gasteiger partial charge in [0.15, 0.2) is 0 Å². The lowest BCUT2D eigenvalue weighted by atomic mass is 10.3. The quantitative estimate of drug-likeness (QED) is 0.588. The molecule has 3 heteroatoms. The van der Waals surface area contributed by atoms with E-state index in [0.717, 1.165) is 4.90 Å². The molecule has 0 rings (SSSR count). The van der Waals surface area contributed by atoms with Crippen LogP contribution in [0.3, 0.4) is 0 Å². The molecule has 0 aliphatic heterocycles. The van der Waals surface area contributed by atoms with Crippen molar-refractivity contribution in [3.8, 4) is 0 Å². The maximum absolute atomic E-state index is 11.1. The summed E-state index contributed by atoms with van der Waals surface area (Å²) in [5, 5.41) is 0. The van der Waals surface area contributed by atoms with E-state index in [-0.39, 0.29) is 24.7 Å². The zero-order chi connectivity index (χ0) is 9.56. The molecule has 0 aromatic rings. The molecule has 0 bridgehead atoms. The summed E-state index contributed by atoms with van der Waals surface area (Å²) in [5.74, 6) is -0.478. The van der Waals surface area contributed by atoms with Crippen LogP contribution in [-0.4, -0.2) is 23.8 Å². The van der Waals surface area contributed by atoms with E-state index in [1.807, 2.05) is 0 Å². The number of imide groups is 1. The topological polar surface area (TPSA) is 37.4 Å². The van der Waals surface area contributed by atoms with Gasteiger partial charge in [0.1, 0.15) is 0 Å². The lowest BCUT2D eigenvalue weighted by Gasteiger charge is -2.12. The van der Waals surface area contributed by atoms with E-state index >= 15 is 0 Å². The third kappa shape index (κ3) is 3.14. The standard InChI is InChI=1S/C9H13NO2/c1-4-6-8(11)10(3)9(12)7-5-2/h4-5H,1-2,6-7H2,3H3. The largest absolute Gasteiger partial charge is 0.285 e. The van der Waals surface area contributed by atoms with Gasteiger partial charge in [0.05, 0.1) is 0 Å². The molecule has 0 fully saturated rings. The predicted molar refractivity (Wildman–Crippen MR) is 47.4 cm³/mol. The van der Waals surface area contributed by atoms with Crippen molar-refractivity contribution < 1.29 is 9.59 Å². The first-order valence-corrected chi connectivity index (χ1v) is 3.64. The molecule has 0 heterocycles. The van der Waals surface area contributed by atoms with Crippen LogP contribution in [0, 0.1) is 0 Å². The van der Waals surface area contributed by atoms with Crippen LogP contribution in [0.1, 0.15) is 12.8 Å². The van der Waals surface area contributed by atoms with Crippen LogP contribution in [0.4, 0.5) is 0 Å². The Hall–Kier alpha value is -1.38. The van der Waals surface area contributed by atoms with Crippen LogP contribution >= 0.6 is 0 Å². The summed E-state index contributed by atoms with van der Waals surface area (Å²) < 4.78 is 0. The molecular weight excluding hydrogens is 154 g/mol. The summed E-state index contributed by atoms with van der Waals surface area (Å²) in [4.78, 5) is 23.2. The number of carbonyl (C=O) groups excluding carboxylic acids is 2. The zero-order valence-electron chi connectivity index (χ0n) is 7.25. The Morgan fingerprint density at radius 3 is 1.75 bits per heavy atom. The van der Waals surface area contributed by atoms with E-state index < -0.39 is 0 Å². The number of hydrogen-bond acceptors (Lipinski definition) is 2. The van der Waals surface area contributed by atoms with E-state index in [1.54, 1.807) is 0 Å². The second-order valence-corrected chi connectivity index (χ2v) is 2.33. The summed E-state index contributed by atoms with van der Waals surface area (Å²) in [6, 6.07) is 0. The Morgan fingerprint density at radius 2 is 1.50 bits per heavy atom. The van der Waals surface area contributed by atoms with E-state index in [9.17, 15) is 9.59 Å². The van der Waals surface area contributed by atoms with Crippen molar-refractivity contribution in [2.75, 3.05) is 7.05 Å². The number of carbonyl (C=O) groups is 2. The third-order valence-electron chi connectivity index (χ3n) is 1.39. The highest BCUT2D eigenvalue weighted by atomic mass is 16.2. The van der Waals surface area contributed by atoms with Gasteiger partial charge in [-0.05, 0) is 0 Å². The van der Waals surface area contributed by atoms with Gasteiger partial charge in [0.25, 0.3) is 0 Å². The highest BCUT2D eigenvalue weighted by Crippen LogP contribution is 1.95. The molecule has 3 nitrogen and oxygen atoms in total. The predicted octanol–water partition coefficient (Wildman–Crippen LogP) is 1.12. The minimum Gasteiger partial charge on any atom is -0.285 e. The van der Waals surface area contributed by atoms with Crippen molar-refractivity contribution in [1.29, 1.82) is 0 Å². The SMILES string of the molecule is C=CCC(=O)N(C)C(=O)CC=C. The number of hydrogen-bond donors (Lipinski definition) is 0. The normalized spacial score (nSPS) is 8.75. The number of amides is 2. The molecular formula is C9H13NO2. The molecule has 0 aliphatic rings. The average molecular weight is 167 g/mol. The molecule has 12 heavy (non-hydrogen) atoms. The van der Waals surface area contributed by atoms with E-state index in [4.69, 9.17) is 0 Å². The van der Waals surface area contributed by atoms with Crippen molar-refractivity contribution >= 4 is 11.8 Å². The molecule has 0 aromatic carbocycles. The zero-order valence-corrected chi connectivity index (χ0v) is 7.25. The minimum absolute atomic E-state index is 0.194. The average Bonchev–Trinajstić information content (AvgIpc) is 2.04. The van der Waals surface area contributed by atoms with E-state index in [0.29, 0.717) is 0 Å². The Balaban J connectivity index is 4.07. The van der Waals surface area contributed by atoms with Crippen LogP contribution in [0.2, 0.25) is 0 Å². The van der Waals surface area contributed by atoms with E-state index in [2.05, 4.69) is 13.2 Å². The molecule has 2 amide bonds. The Morgan fingerprint density at radius 1 is 1.17 bits per heavy atom. The highest BCUT2D eigenvalue weighted by Gasteiger charge is 2.12.